The Morgan fingerprint density at radius 1 is 0.266 bits per heavy atom. The molecule has 0 fully saturated rings. The van der Waals surface area contributed by atoms with Gasteiger partial charge < -0.3 is 13.6 Å². The number of aromatic nitrogens is 2. The number of furan rings is 1. The largest absolute Gasteiger partial charge is 0.456 e. The highest BCUT2D eigenvalue weighted by Crippen LogP contribution is 2.39. The van der Waals surface area contributed by atoms with Gasteiger partial charge >= 0.3 is 0 Å². The van der Waals surface area contributed by atoms with E-state index in [1.54, 1.807) is 0 Å². The Morgan fingerprint density at radius 2 is 0.750 bits per heavy atom. The minimum atomic E-state index is -2.75. The van der Waals surface area contributed by atoms with E-state index in [-0.39, 0.29) is 0 Å². The summed E-state index contributed by atoms with van der Waals surface area (Å²) in [5.74, 6) is 0. The second-order valence-electron chi connectivity index (χ2n) is 16.8. The van der Waals surface area contributed by atoms with Gasteiger partial charge in [-0.1, -0.05) is 176 Å². The minimum absolute atomic E-state index is 0.907. The zero-order valence-electron chi connectivity index (χ0n) is 34.9. The van der Waals surface area contributed by atoms with Crippen molar-refractivity contribution < 1.29 is 4.42 Å². The zero-order valence-corrected chi connectivity index (χ0v) is 35.9. The van der Waals surface area contributed by atoms with Crippen LogP contribution < -0.4 is 20.7 Å². The predicted octanol–water partition coefficient (Wildman–Crippen LogP) is 12.8. The lowest BCUT2D eigenvalue weighted by Gasteiger charge is -2.34. The van der Waals surface area contributed by atoms with Crippen molar-refractivity contribution in [3.63, 3.8) is 0 Å². The van der Waals surface area contributed by atoms with E-state index in [0.717, 1.165) is 38.9 Å². The fourth-order valence-electron chi connectivity index (χ4n) is 10.7. The Bertz CT molecular complexity index is 3800. The number of hydrogen-bond donors (Lipinski definition) is 0. The molecule has 0 saturated heterocycles. The van der Waals surface area contributed by atoms with Crippen molar-refractivity contribution in [3.8, 4) is 22.5 Å². The van der Waals surface area contributed by atoms with Crippen LogP contribution in [0.1, 0.15) is 0 Å². The lowest BCUT2D eigenvalue weighted by molar-refractivity contribution is 0.669. The van der Waals surface area contributed by atoms with Crippen molar-refractivity contribution in [2.24, 2.45) is 0 Å². The molecule has 4 heteroatoms. The van der Waals surface area contributed by atoms with E-state index in [1.807, 2.05) is 12.1 Å². The number of para-hydroxylation sites is 3. The molecule has 10 aromatic carbocycles. The minimum Gasteiger partial charge on any atom is -0.456 e. The van der Waals surface area contributed by atoms with Crippen LogP contribution in [-0.4, -0.2) is 17.2 Å². The molecule has 0 bridgehead atoms. The maximum atomic E-state index is 6.20. The number of nitrogens with zero attached hydrogens (tertiary/aromatic N) is 2. The van der Waals surface area contributed by atoms with Gasteiger partial charge in [-0.05, 0) is 98.6 Å². The first-order valence-corrected chi connectivity index (χ1v) is 24.0. The summed E-state index contributed by atoms with van der Waals surface area (Å²) in [6, 6.07) is 89.4. The Labute approximate surface area is 371 Å². The maximum Gasteiger partial charge on any atom is 0.179 e. The molecule has 0 aliphatic carbocycles. The summed E-state index contributed by atoms with van der Waals surface area (Å²) in [4.78, 5) is 0. The molecule has 0 amide bonds. The van der Waals surface area contributed by atoms with Crippen LogP contribution in [0.25, 0.3) is 88.1 Å². The van der Waals surface area contributed by atoms with Crippen LogP contribution in [0.5, 0.6) is 0 Å². The second-order valence-corrected chi connectivity index (χ2v) is 20.7. The normalized spacial score (nSPS) is 12.1. The smallest absolute Gasteiger partial charge is 0.179 e. The van der Waals surface area contributed by atoms with Crippen LogP contribution in [-0.2, 0) is 0 Å². The highest BCUT2D eigenvalue weighted by Gasteiger charge is 2.41. The molecule has 0 spiro atoms. The van der Waals surface area contributed by atoms with Gasteiger partial charge in [0.05, 0.1) is 22.1 Å². The van der Waals surface area contributed by atoms with Gasteiger partial charge in [-0.3, -0.25) is 0 Å². The first kappa shape index (κ1) is 36.5. The monoisotopic (exact) mass is 832 g/mol. The fourth-order valence-corrected chi connectivity index (χ4v) is 15.4. The second kappa shape index (κ2) is 14.5. The highest BCUT2D eigenvalue weighted by molar-refractivity contribution is 7.19. The van der Waals surface area contributed by atoms with Gasteiger partial charge in [0.15, 0.2) is 8.07 Å². The molecule has 64 heavy (non-hydrogen) atoms. The molecule has 0 aliphatic heterocycles. The summed E-state index contributed by atoms with van der Waals surface area (Å²) in [7, 11) is -2.75. The van der Waals surface area contributed by atoms with E-state index < -0.39 is 8.07 Å². The summed E-state index contributed by atoms with van der Waals surface area (Å²) in [6.45, 7) is 0. The molecule has 13 rings (SSSR count). The molecule has 0 N–H and O–H groups in total. The average Bonchev–Trinajstić information content (AvgIpc) is 4.02. The summed E-state index contributed by atoms with van der Waals surface area (Å²) in [6.07, 6.45) is 0. The van der Waals surface area contributed by atoms with Crippen LogP contribution in [0, 0.1) is 0 Å². The molecule has 3 aromatic heterocycles. The lowest BCUT2D eigenvalue weighted by Crippen LogP contribution is -2.74. The third kappa shape index (κ3) is 5.46. The van der Waals surface area contributed by atoms with Crippen molar-refractivity contribution in [2.75, 3.05) is 0 Å². The van der Waals surface area contributed by atoms with Gasteiger partial charge in [-0.25, -0.2) is 0 Å². The number of hydrogen-bond acceptors (Lipinski definition) is 1. The Hall–Kier alpha value is -8.18. The molecular formula is C60H40N2OSi. The van der Waals surface area contributed by atoms with E-state index in [1.165, 1.54) is 69.9 Å². The molecular weight excluding hydrogens is 793 g/mol. The van der Waals surface area contributed by atoms with E-state index in [4.69, 9.17) is 4.42 Å². The fraction of sp³-hybridized carbons (Fsp3) is 0. The number of fused-ring (bicyclic) bond motifs is 9. The van der Waals surface area contributed by atoms with Crippen LogP contribution in [0.15, 0.2) is 247 Å². The van der Waals surface area contributed by atoms with Gasteiger partial charge in [0, 0.05) is 43.7 Å². The molecule has 3 heterocycles. The quantitative estimate of drug-likeness (QED) is 0.116. The predicted molar refractivity (Wildman–Crippen MR) is 271 cm³/mol. The number of benzene rings is 10. The Morgan fingerprint density at radius 3 is 1.44 bits per heavy atom. The summed E-state index contributed by atoms with van der Waals surface area (Å²) >= 11 is 0. The van der Waals surface area contributed by atoms with Crippen molar-refractivity contribution in [3.05, 3.63) is 243 Å². The molecule has 3 nitrogen and oxygen atoms in total. The highest BCUT2D eigenvalue weighted by atomic mass is 28.3. The van der Waals surface area contributed by atoms with Crippen LogP contribution in [0.4, 0.5) is 0 Å². The molecule has 13 aromatic rings. The van der Waals surface area contributed by atoms with Gasteiger partial charge in [0.2, 0.25) is 0 Å². The summed E-state index contributed by atoms with van der Waals surface area (Å²) in [5, 5.41) is 12.6. The lowest BCUT2D eigenvalue weighted by atomic mass is 10.0. The molecule has 0 aliphatic rings. The van der Waals surface area contributed by atoms with Crippen molar-refractivity contribution in [2.45, 2.75) is 0 Å². The van der Waals surface area contributed by atoms with Crippen LogP contribution in [0.2, 0.25) is 0 Å². The number of rotatable bonds is 7. The van der Waals surface area contributed by atoms with Gasteiger partial charge in [0.25, 0.3) is 0 Å². The van der Waals surface area contributed by atoms with Crippen molar-refractivity contribution >= 4 is 94.4 Å². The first-order chi connectivity index (χ1) is 31.7. The van der Waals surface area contributed by atoms with E-state index >= 15 is 0 Å². The van der Waals surface area contributed by atoms with Crippen LogP contribution in [0.3, 0.4) is 0 Å². The first-order valence-electron chi connectivity index (χ1n) is 22.0. The van der Waals surface area contributed by atoms with E-state index in [2.05, 4.69) is 240 Å². The Balaban J connectivity index is 1.01. The van der Waals surface area contributed by atoms with E-state index in [9.17, 15) is 0 Å². The molecule has 0 unspecified atom stereocenters. The molecule has 0 saturated carbocycles. The third-order valence-electron chi connectivity index (χ3n) is 13.5. The topological polar surface area (TPSA) is 23.0 Å². The SMILES string of the molecule is c1ccc([Si](c2ccccc2)(c2ccccc2)c2cccc(-n3c4ccccc4c4cc(-n5c6ccccc6c6ccc(-c7ccc8oc9ccccc9c8c7)cc65)ccc43)c2)cc1. The van der Waals surface area contributed by atoms with Gasteiger partial charge in [-0.15, -0.1) is 0 Å². The Kier molecular flexibility index (Phi) is 8.23. The van der Waals surface area contributed by atoms with E-state index in [0.29, 0.717) is 0 Å². The summed E-state index contributed by atoms with van der Waals surface area (Å²) < 4.78 is 11.1. The molecule has 0 radical (unpaired) electrons. The van der Waals surface area contributed by atoms with Crippen molar-refractivity contribution in [1.82, 2.24) is 9.13 Å². The molecule has 300 valence electrons. The summed E-state index contributed by atoms with van der Waals surface area (Å²) in [5.41, 5.74) is 11.2. The maximum absolute atomic E-state index is 6.20. The zero-order chi connectivity index (χ0) is 42.2. The van der Waals surface area contributed by atoms with Gasteiger partial charge in [-0.2, -0.15) is 0 Å². The van der Waals surface area contributed by atoms with Crippen molar-refractivity contribution in [1.29, 1.82) is 0 Å². The average molecular weight is 833 g/mol. The molecule has 0 atom stereocenters. The van der Waals surface area contributed by atoms with Crippen LogP contribution >= 0.6 is 0 Å². The third-order valence-corrected chi connectivity index (χ3v) is 18.2. The van der Waals surface area contributed by atoms with Gasteiger partial charge in [0.1, 0.15) is 11.2 Å². The standard InChI is InChI=1S/C60H40N2OSi/c1-4-18-45(19-5-1)64(46-20-6-2-7-21-46,47-22-8-3-9-23-47)48-24-16-17-43(39-48)61-56-29-14-11-26-50(56)53-40-44(33-35-57(53)61)62-55-28-13-10-25-49(55)51-34-31-42(38-58(51)62)41-32-36-60-54(37-41)52-27-12-15-30-59(52)63-60/h1-40H.